The second-order valence-corrected chi connectivity index (χ2v) is 23.9. The molecule has 14 aromatic rings. The lowest BCUT2D eigenvalue weighted by atomic mass is 9.78. The number of nitrogens with zero attached hydrogens (tertiary/aromatic N) is 4. The number of benzene rings is 12. The first-order valence-electron chi connectivity index (χ1n) is 27.4. The molecular weight excluding hydrogens is 1200 g/mol. The Morgan fingerprint density at radius 1 is 0.341 bits per heavy atom. The van der Waals surface area contributed by atoms with Crippen LogP contribution in [0.4, 0.5) is 0 Å². The van der Waals surface area contributed by atoms with Gasteiger partial charge in [0.1, 0.15) is 11.6 Å². The maximum absolute atomic E-state index is 6.27. The summed E-state index contributed by atoms with van der Waals surface area (Å²) in [6.07, 6.45) is 0. The van der Waals surface area contributed by atoms with E-state index < -0.39 is 7.12 Å². The SMILES string of the molecule is Brc1c2ccccc2c(-c2cccc(-c3nc4ccccc4n3-c3ccccc3)c2)c2ccccc12.Brc1c2ccccc2c(Br)c2ccccc12.CC1(C)OB(c2cccc(-c3nc4ccccc4n3-c3ccccc3)c2)OC1(C)C. The molecule has 1 aliphatic heterocycles. The van der Waals surface area contributed by atoms with Gasteiger partial charge in [0.2, 0.25) is 0 Å². The smallest absolute Gasteiger partial charge is 0.399 e. The third-order valence-electron chi connectivity index (χ3n) is 15.9. The molecule has 0 amide bonds. The van der Waals surface area contributed by atoms with Gasteiger partial charge >= 0.3 is 7.12 Å². The highest BCUT2D eigenvalue weighted by molar-refractivity contribution is 9.11. The van der Waals surface area contributed by atoms with Crippen molar-refractivity contribution in [2.75, 3.05) is 0 Å². The zero-order chi connectivity index (χ0) is 56.1. The Morgan fingerprint density at radius 2 is 0.671 bits per heavy atom. The molecule has 1 aliphatic rings. The minimum absolute atomic E-state index is 0.370. The van der Waals surface area contributed by atoms with Crippen molar-refractivity contribution in [3.05, 3.63) is 268 Å². The summed E-state index contributed by atoms with van der Waals surface area (Å²) in [5, 5.41) is 9.87. The fourth-order valence-electron chi connectivity index (χ4n) is 11.1. The van der Waals surface area contributed by atoms with E-state index in [9.17, 15) is 0 Å². The summed E-state index contributed by atoms with van der Waals surface area (Å²) in [6, 6.07) is 88.5. The molecule has 0 saturated carbocycles. The van der Waals surface area contributed by atoms with Crippen molar-refractivity contribution in [2.45, 2.75) is 38.9 Å². The van der Waals surface area contributed by atoms with E-state index in [1.165, 1.54) is 63.2 Å². The second kappa shape index (κ2) is 22.1. The quantitative estimate of drug-likeness (QED) is 0.123. The Bertz CT molecular complexity index is 4520. The van der Waals surface area contributed by atoms with Crippen molar-refractivity contribution < 1.29 is 9.31 Å². The average molecular weight is 1260 g/mol. The number of hydrogen-bond acceptors (Lipinski definition) is 4. The Kier molecular flexibility index (Phi) is 14.4. The van der Waals surface area contributed by atoms with E-state index in [1.54, 1.807) is 0 Å². The predicted molar refractivity (Wildman–Crippen MR) is 354 cm³/mol. The summed E-state index contributed by atoms with van der Waals surface area (Å²) in [4.78, 5) is 10.1. The lowest BCUT2D eigenvalue weighted by Gasteiger charge is -2.32. The molecule has 3 heterocycles. The molecule has 12 aromatic carbocycles. The number of hydrogen-bond donors (Lipinski definition) is 0. The normalized spacial score (nSPS) is 13.6. The van der Waals surface area contributed by atoms with E-state index in [1.807, 2.05) is 36.4 Å². The molecular formula is C72H54BBr3N4O2. The molecule has 2 aromatic heterocycles. The van der Waals surface area contributed by atoms with Crippen molar-refractivity contribution in [1.82, 2.24) is 19.1 Å². The Labute approximate surface area is 502 Å². The Balaban J connectivity index is 0.000000124. The summed E-state index contributed by atoms with van der Waals surface area (Å²) < 4.78 is 20.5. The van der Waals surface area contributed by atoms with Crippen LogP contribution < -0.4 is 5.46 Å². The summed E-state index contributed by atoms with van der Waals surface area (Å²) in [6.45, 7) is 8.30. The van der Waals surface area contributed by atoms with E-state index >= 15 is 0 Å². The first kappa shape index (κ1) is 53.4. The van der Waals surface area contributed by atoms with Crippen LogP contribution in [0.2, 0.25) is 0 Å². The van der Waals surface area contributed by atoms with Gasteiger partial charge in [-0.1, -0.05) is 200 Å². The van der Waals surface area contributed by atoms with Crippen molar-refractivity contribution in [1.29, 1.82) is 0 Å². The van der Waals surface area contributed by atoms with Crippen LogP contribution in [0.15, 0.2) is 268 Å². The lowest BCUT2D eigenvalue weighted by molar-refractivity contribution is 0.00578. The number of rotatable bonds is 6. The summed E-state index contributed by atoms with van der Waals surface area (Å²) in [5.74, 6) is 1.84. The van der Waals surface area contributed by atoms with E-state index in [4.69, 9.17) is 19.3 Å². The molecule has 82 heavy (non-hydrogen) atoms. The third-order valence-corrected chi connectivity index (χ3v) is 18.5. The van der Waals surface area contributed by atoms with Crippen molar-refractivity contribution >= 4 is 126 Å². The largest absolute Gasteiger partial charge is 0.494 e. The van der Waals surface area contributed by atoms with E-state index in [0.717, 1.165) is 66.2 Å². The highest BCUT2D eigenvalue weighted by Crippen LogP contribution is 2.44. The molecule has 0 atom stereocenters. The molecule has 6 nitrogen and oxygen atoms in total. The minimum Gasteiger partial charge on any atom is -0.399 e. The third kappa shape index (κ3) is 9.76. The maximum Gasteiger partial charge on any atom is 0.494 e. The van der Waals surface area contributed by atoms with E-state index in [2.05, 4.69) is 303 Å². The van der Waals surface area contributed by atoms with Crippen LogP contribution in [0.25, 0.3) is 110 Å². The van der Waals surface area contributed by atoms with Crippen LogP contribution in [0.1, 0.15) is 27.7 Å². The van der Waals surface area contributed by atoms with Gasteiger partial charge in [-0.2, -0.15) is 0 Å². The average Bonchev–Trinajstić information content (AvgIpc) is 4.08. The van der Waals surface area contributed by atoms with Gasteiger partial charge in [-0.25, -0.2) is 9.97 Å². The van der Waals surface area contributed by atoms with E-state index in [-0.39, 0.29) is 11.2 Å². The lowest BCUT2D eigenvalue weighted by Crippen LogP contribution is -2.41. The second-order valence-electron chi connectivity index (χ2n) is 21.5. The molecule has 398 valence electrons. The monoisotopic (exact) mass is 1250 g/mol. The molecule has 0 N–H and O–H groups in total. The molecule has 10 heteroatoms. The summed E-state index contributed by atoms with van der Waals surface area (Å²) >= 11 is 11.3. The summed E-state index contributed by atoms with van der Waals surface area (Å²) in [5.41, 5.74) is 11.1. The van der Waals surface area contributed by atoms with Crippen LogP contribution >= 0.6 is 47.8 Å². The number of aromatic nitrogens is 4. The molecule has 0 bridgehead atoms. The zero-order valence-electron chi connectivity index (χ0n) is 45.6. The molecule has 15 rings (SSSR count). The fraction of sp³-hybridized carbons (Fsp3) is 0.0833. The standard InChI is InChI=1S/C33H21BrN2.C25H25BN2O2.C14H8Br2/c34-32-27-17-6-4-15-25(27)31(26-16-5-7-18-28(26)32)22-11-10-12-23(21-22)33-35-29-19-8-9-20-30(29)36(33)24-13-2-1-3-14-24;1-24(2)25(3,4)30-26(29-24)19-12-10-11-18(17-19)23-27-21-15-8-9-16-22(21)28(23)20-13-6-5-7-14-20;15-13-9-5-1-2-6-10(9)14(16)12-8-4-3-7-11(12)13/h1-21H;5-17H,1-4H3;1-8H. The molecule has 1 saturated heterocycles. The van der Waals surface area contributed by atoms with Crippen LogP contribution in [-0.4, -0.2) is 37.4 Å². The highest BCUT2D eigenvalue weighted by Gasteiger charge is 2.51. The molecule has 0 unspecified atom stereocenters. The van der Waals surface area contributed by atoms with Gasteiger partial charge < -0.3 is 9.31 Å². The number of halogens is 3. The number of fused-ring (bicyclic) bond motifs is 6. The van der Waals surface area contributed by atoms with Gasteiger partial charge in [-0.15, -0.1) is 0 Å². The van der Waals surface area contributed by atoms with Crippen molar-refractivity contribution in [2.24, 2.45) is 0 Å². The first-order valence-corrected chi connectivity index (χ1v) is 29.8. The fourth-order valence-corrected chi connectivity index (χ4v) is 13.2. The number of imidazole rings is 2. The zero-order valence-corrected chi connectivity index (χ0v) is 50.3. The van der Waals surface area contributed by atoms with Crippen LogP contribution in [0, 0.1) is 0 Å². The highest BCUT2D eigenvalue weighted by atomic mass is 79.9. The van der Waals surface area contributed by atoms with Crippen LogP contribution in [-0.2, 0) is 9.31 Å². The van der Waals surface area contributed by atoms with Gasteiger partial charge in [-0.05, 0) is 190 Å². The molecule has 0 spiro atoms. The van der Waals surface area contributed by atoms with Crippen molar-refractivity contribution in [3.63, 3.8) is 0 Å². The van der Waals surface area contributed by atoms with Crippen molar-refractivity contribution in [3.8, 4) is 45.3 Å². The molecule has 0 radical (unpaired) electrons. The first-order chi connectivity index (χ1) is 39.9. The van der Waals surface area contributed by atoms with Crippen LogP contribution in [0.3, 0.4) is 0 Å². The topological polar surface area (TPSA) is 54.1 Å². The Morgan fingerprint density at radius 3 is 1.10 bits per heavy atom. The summed E-state index contributed by atoms with van der Waals surface area (Å²) in [7, 11) is -0.399. The predicted octanol–water partition coefficient (Wildman–Crippen LogP) is 19.9. The van der Waals surface area contributed by atoms with Gasteiger partial charge in [0.25, 0.3) is 0 Å². The van der Waals surface area contributed by atoms with Crippen LogP contribution in [0.5, 0.6) is 0 Å². The van der Waals surface area contributed by atoms with Gasteiger partial charge in [0.05, 0.1) is 33.3 Å². The maximum atomic E-state index is 6.27. The van der Waals surface area contributed by atoms with E-state index in [0.29, 0.717) is 0 Å². The Hall–Kier alpha value is -7.96. The minimum atomic E-state index is -0.399. The number of para-hydroxylation sites is 6. The molecule has 0 aliphatic carbocycles. The van der Waals surface area contributed by atoms with Gasteiger partial charge in [-0.3, -0.25) is 9.13 Å². The molecule has 1 fully saturated rings. The van der Waals surface area contributed by atoms with Gasteiger partial charge in [0, 0.05) is 35.9 Å². The van der Waals surface area contributed by atoms with Gasteiger partial charge in [0.15, 0.2) is 0 Å².